The first-order valence-electron chi connectivity index (χ1n) is 7.57. The number of piperidine rings is 1. The van der Waals surface area contributed by atoms with Crippen LogP contribution in [0, 0.1) is 5.92 Å². The van der Waals surface area contributed by atoms with Crippen LogP contribution in [0.5, 0.6) is 0 Å². The summed E-state index contributed by atoms with van der Waals surface area (Å²) in [5.74, 6) is 2.00. The van der Waals surface area contributed by atoms with Crippen molar-refractivity contribution < 1.29 is 0 Å². The Balaban J connectivity index is 1.75. The van der Waals surface area contributed by atoms with Crippen molar-refractivity contribution in [2.24, 2.45) is 13.0 Å². The summed E-state index contributed by atoms with van der Waals surface area (Å²) < 4.78 is 2.15. The average Bonchev–Trinajstić information content (AvgIpc) is 2.75. The maximum atomic E-state index is 4.45. The van der Waals surface area contributed by atoms with Gasteiger partial charge in [0, 0.05) is 51.5 Å². The molecule has 0 bridgehead atoms. The maximum Gasteiger partial charge on any atom is 0.108 e. The Kier molecular flexibility index (Phi) is 5.40. The first kappa shape index (κ1) is 14.5. The predicted molar refractivity (Wildman–Crippen MR) is 79.2 cm³/mol. The molecule has 1 N–H and O–H groups in total. The number of nitrogens with zero attached hydrogens (tertiary/aromatic N) is 3. The average molecular weight is 264 g/mol. The van der Waals surface area contributed by atoms with Gasteiger partial charge in [-0.2, -0.15) is 0 Å². The standard InChI is InChI=1S/C15H28N4/c1-13(2)16-7-10-19-8-4-5-14(12-19)11-15-17-6-9-18(15)3/h6,9,13-14,16H,4-5,7-8,10-12H2,1-3H3/t14-/m0/s1. The molecule has 108 valence electrons. The molecule has 1 saturated heterocycles. The molecule has 1 aliphatic rings. The Hall–Kier alpha value is -0.870. The van der Waals surface area contributed by atoms with Gasteiger partial charge in [-0.1, -0.05) is 13.8 Å². The summed E-state index contributed by atoms with van der Waals surface area (Å²) in [7, 11) is 2.09. The Morgan fingerprint density at radius 2 is 2.32 bits per heavy atom. The van der Waals surface area contributed by atoms with Gasteiger partial charge in [-0.05, 0) is 25.3 Å². The van der Waals surface area contributed by atoms with Crippen LogP contribution in [0.25, 0.3) is 0 Å². The van der Waals surface area contributed by atoms with Gasteiger partial charge in [0.25, 0.3) is 0 Å². The van der Waals surface area contributed by atoms with Crippen molar-refractivity contribution in [1.29, 1.82) is 0 Å². The Morgan fingerprint density at radius 1 is 1.47 bits per heavy atom. The smallest absolute Gasteiger partial charge is 0.108 e. The molecule has 0 amide bonds. The number of rotatable bonds is 6. The summed E-state index contributed by atoms with van der Waals surface area (Å²) in [6, 6.07) is 0.591. The third kappa shape index (κ3) is 4.62. The molecule has 1 aromatic rings. The zero-order valence-electron chi connectivity index (χ0n) is 12.6. The molecule has 1 aliphatic heterocycles. The molecule has 1 aromatic heterocycles. The molecular weight excluding hydrogens is 236 g/mol. The monoisotopic (exact) mass is 264 g/mol. The zero-order valence-corrected chi connectivity index (χ0v) is 12.6. The van der Waals surface area contributed by atoms with Crippen molar-refractivity contribution >= 4 is 0 Å². The van der Waals surface area contributed by atoms with Gasteiger partial charge in [-0.25, -0.2) is 4.98 Å². The highest BCUT2D eigenvalue weighted by Gasteiger charge is 2.21. The zero-order chi connectivity index (χ0) is 13.7. The van der Waals surface area contributed by atoms with E-state index in [1.54, 1.807) is 0 Å². The van der Waals surface area contributed by atoms with Gasteiger partial charge in [0.15, 0.2) is 0 Å². The van der Waals surface area contributed by atoms with Crippen LogP contribution in [0.3, 0.4) is 0 Å². The first-order chi connectivity index (χ1) is 9.15. The van der Waals surface area contributed by atoms with E-state index in [0.29, 0.717) is 6.04 Å². The van der Waals surface area contributed by atoms with E-state index >= 15 is 0 Å². The minimum atomic E-state index is 0.591. The lowest BCUT2D eigenvalue weighted by molar-refractivity contribution is 0.172. The molecule has 0 saturated carbocycles. The SMILES string of the molecule is CC(C)NCCN1CCC[C@@H](Cc2nccn2C)C1. The fourth-order valence-corrected chi connectivity index (χ4v) is 2.88. The second kappa shape index (κ2) is 7.06. The number of hydrogen-bond donors (Lipinski definition) is 1. The fourth-order valence-electron chi connectivity index (χ4n) is 2.88. The summed E-state index contributed by atoms with van der Waals surface area (Å²) in [6.45, 7) is 9.19. The van der Waals surface area contributed by atoms with Crippen LogP contribution in [0.15, 0.2) is 12.4 Å². The van der Waals surface area contributed by atoms with Crippen LogP contribution in [0.2, 0.25) is 0 Å². The minimum Gasteiger partial charge on any atom is -0.338 e. The normalized spacial score (nSPS) is 21.2. The third-order valence-corrected chi connectivity index (χ3v) is 3.98. The van der Waals surface area contributed by atoms with Gasteiger partial charge in [-0.15, -0.1) is 0 Å². The highest BCUT2D eigenvalue weighted by atomic mass is 15.1. The Bertz CT molecular complexity index is 372. The van der Waals surface area contributed by atoms with Crippen LogP contribution in [0.1, 0.15) is 32.5 Å². The summed E-state index contributed by atoms with van der Waals surface area (Å²) in [5.41, 5.74) is 0. The van der Waals surface area contributed by atoms with Crippen LogP contribution in [0.4, 0.5) is 0 Å². The largest absolute Gasteiger partial charge is 0.338 e. The van der Waals surface area contributed by atoms with Gasteiger partial charge in [0.1, 0.15) is 5.82 Å². The topological polar surface area (TPSA) is 33.1 Å². The predicted octanol–water partition coefficient (Wildman–Crippen LogP) is 1.67. The molecular formula is C15H28N4. The van der Waals surface area contributed by atoms with Crippen LogP contribution in [-0.2, 0) is 13.5 Å². The number of nitrogens with one attached hydrogen (secondary N) is 1. The molecule has 4 nitrogen and oxygen atoms in total. The minimum absolute atomic E-state index is 0.591. The van der Waals surface area contributed by atoms with Crippen LogP contribution < -0.4 is 5.32 Å². The van der Waals surface area contributed by atoms with E-state index in [-0.39, 0.29) is 0 Å². The number of imidazole rings is 1. The Morgan fingerprint density at radius 3 is 3.00 bits per heavy atom. The second-order valence-corrected chi connectivity index (χ2v) is 6.08. The summed E-state index contributed by atoms with van der Waals surface area (Å²) >= 11 is 0. The molecule has 0 radical (unpaired) electrons. The van der Waals surface area contributed by atoms with E-state index in [4.69, 9.17) is 0 Å². The third-order valence-electron chi connectivity index (χ3n) is 3.98. The number of aromatic nitrogens is 2. The molecule has 19 heavy (non-hydrogen) atoms. The van der Waals surface area contributed by atoms with Crippen molar-refractivity contribution in [3.63, 3.8) is 0 Å². The Labute approximate surface area is 117 Å². The lowest BCUT2D eigenvalue weighted by Gasteiger charge is -2.32. The van der Waals surface area contributed by atoms with Crippen molar-refractivity contribution in [2.45, 2.75) is 39.2 Å². The lowest BCUT2D eigenvalue weighted by Crippen LogP contribution is -2.41. The molecule has 0 unspecified atom stereocenters. The maximum absolute atomic E-state index is 4.45. The summed E-state index contributed by atoms with van der Waals surface area (Å²) in [6.07, 6.45) is 7.75. The van der Waals surface area contributed by atoms with E-state index in [1.807, 2.05) is 12.4 Å². The summed E-state index contributed by atoms with van der Waals surface area (Å²) in [4.78, 5) is 7.06. The van der Waals surface area contributed by atoms with Crippen LogP contribution in [-0.4, -0.2) is 46.7 Å². The quantitative estimate of drug-likeness (QED) is 0.848. The van der Waals surface area contributed by atoms with Gasteiger partial charge in [0.2, 0.25) is 0 Å². The molecule has 2 heterocycles. The van der Waals surface area contributed by atoms with Crippen molar-refractivity contribution in [3.05, 3.63) is 18.2 Å². The molecule has 0 aromatic carbocycles. The number of aryl methyl sites for hydroxylation is 1. The van der Waals surface area contributed by atoms with Gasteiger partial charge in [-0.3, -0.25) is 0 Å². The van der Waals surface area contributed by atoms with E-state index in [1.165, 1.54) is 38.3 Å². The van der Waals surface area contributed by atoms with Crippen molar-refractivity contribution in [2.75, 3.05) is 26.2 Å². The van der Waals surface area contributed by atoms with Crippen molar-refractivity contribution in [1.82, 2.24) is 19.8 Å². The summed E-state index contributed by atoms with van der Waals surface area (Å²) in [5, 5.41) is 3.50. The lowest BCUT2D eigenvalue weighted by atomic mass is 9.94. The molecule has 4 heteroatoms. The van der Waals surface area contributed by atoms with Gasteiger partial charge >= 0.3 is 0 Å². The van der Waals surface area contributed by atoms with Gasteiger partial charge in [0.05, 0.1) is 0 Å². The first-order valence-corrected chi connectivity index (χ1v) is 7.57. The highest BCUT2D eigenvalue weighted by molar-refractivity contribution is 4.94. The van der Waals surface area contributed by atoms with E-state index in [2.05, 4.69) is 40.7 Å². The van der Waals surface area contributed by atoms with E-state index in [9.17, 15) is 0 Å². The second-order valence-electron chi connectivity index (χ2n) is 6.08. The molecule has 0 spiro atoms. The molecule has 2 rings (SSSR count). The van der Waals surface area contributed by atoms with Gasteiger partial charge < -0.3 is 14.8 Å². The molecule has 0 aliphatic carbocycles. The van der Waals surface area contributed by atoms with E-state index < -0.39 is 0 Å². The highest BCUT2D eigenvalue weighted by Crippen LogP contribution is 2.19. The number of likely N-dealkylation sites (tertiary alicyclic amines) is 1. The van der Waals surface area contributed by atoms with Crippen molar-refractivity contribution in [3.8, 4) is 0 Å². The molecule has 1 fully saturated rings. The molecule has 1 atom stereocenters. The fraction of sp³-hybridized carbons (Fsp3) is 0.800. The van der Waals surface area contributed by atoms with E-state index in [0.717, 1.165) is 18.9 Å². The van der Waals surface area contributed by atoms with Crippen LogP contribution >= 0.6 is 0 Å². The number of hydrogen-bond acceptors (Lipinski definition) is 3.